The van der Waals surface area contributed by atoms with Crippen molar-refractivity contribution < 1.29 is 4.79 Å². The van der Waals surface area contributed by atoms with E-state index in [-0.39, 0.29) is 5.91 Å². The van der Waals surface area contributed by atoms with E-state index in [1.54, 1.807) is 18.1 Å². The maximum atomic E-state index is 11.1. The van der Waals surface area contributed by atoms with E-state index in [4.69, 9.17) is 0 Å². The van der Waals surface area contributed by atoms with E-state index in [0.717, 1.165) is 10.3 Å². The highest BCUT2D eigenvalue weighted by molar-refractivity contribution is 9.10. The molecular formula is C9H12BrN3O. The van der Waals surface area contributed by atoms with Crippen molar-refractivity contribution >= 4 is 27.7 Å². The predicted molar refractivity (Wildman–Crippen MR) is 59.3 cm³/mol. The lowest BCUT2D eigenvalue weighted by atomic mass is 10.4. The monoisotopic (exact) mass is 257 g/mol. The van der Waals surface area contributed by atoms with Gasteiger partial charge < -0.3 is 10.2 Å². The molecule has 0 saturated heterocycles. The van der Waals surface area contributed by atoms with Crippen LogP contribution in [0, 0.1) is 0 Å². The number of amides is 1. The number of anilines is 1. The summed E-state index contributed by atoms with van der Waals surface area (Å²) in [5, 5.41) is 2.56. The van der Waals surface area contributed by atoms with Crippen LogP contribution < -0.4 is 10.2 Å². The highest BCUT2D eigenvalue weighted by Crippen LogP contribution is 2.15. The number of hydrogen-bond donors (Lipinski definition) is 1. The van der Waals surface area contributed by atoms with Crippen molar-refractivity contribution in [2.75, 3.05) is 25.5 Å². The second kappa shape index (κ2) is 4.95. The highest BCUT2D eigenvalue weighted by Gasteiger charge is 2.06. The van der Waals surface area contributed by atoms with E-state index in [0.29, 0.717) is 6.54 Å². The van der Waals surface area contributed by atoms with Gasteiger partial charge in [-0.15, -0.1) is 0 Å². The summed E-state index contributed by atoms with van der Waals surface area (Å²) in [4.78, 5) is 17.0. The van der Waals surface area contributed by atoms with E-state index in [1.807, 2.05) is 19.2 Å². The summed E-state index contributed by atoms with van der Waals surface area (Å²) >= 11 is 3.35. The molecular weight excluding hydrogens is 246 g/mol. The normalized spacial score (nSPS) is 9.64. The van der Waals surface area contributed by atoms with Gasteiger partial charge >= 0.3 is 0 Å². The lowest BCUT2D eigenvalue weighted by Gasteiger charge is -2.16. The topological polar surface area (TPSA) is 45.2 Å². The second-order valence-electron chi connectivity index (χ2n) is 2.86. The van der Waals surface area contributed by atoms with Crippen LogP contribution >= 0.6 is 15.9 Å². The Labute approximate surface area is 91.4 Å². The molecule has 1 rings (SSSR count). The molecule has 1 N–H and O–H groups in total. The van der Waals surface area contributed by atoms with Crippen LogP contribution in [0.1, 0.15) is 0 Å². The largest absolute Gasteiger partial charge is 0.358 e. The van der Waals surface area contributed by atoms with Crippen LogP contribution in [0.25, 0.3) is 0 Å². The molecule has 1 aromatic rings. The summed E-state index contributed by atoms with van der Waals surface area (Å²) in [6, 6.07) is 3.71. The Hall–Kier alpha value is -1.10. The highest BCUT2D eigenvalue weighted by atomic mass is 79.9. The van der Waals surface area contributed by atoms with Gasteiger partial charge in [0, 0.05) is 24.8 Å². The number of rotatable bonds is 3. The molecule has 0 bridgehead atoms. The number of pyridine rings is 1. The van der Waals surface area contributed by atoms with Crippen LogP contribution in [0.5, 0.6) is 0 Å². The first-order valence-electron chi connectivity index (χ1n) is 4.16. The lowest BCUT2D eigenvalue weighted by molar-refractivity contribution is -0.119. The molecule has 4 nitrogen and oxygen atoms in total. The summed E-state index contributed by atoms with van der Waals surface area (Å²) in [5.74, 6) is 0.734. The zero-order valence-electron chi connectivity index (χ0n) is 8.12. The van der Waals surface area contributed by atoms with E-state index in [1.165, 1.54) is 0 Å². The maximum absolute atomic E-state index is 11.1. The van der Waals surface area contributed by atoms with E-state index >= 15 is 0 Å². The zero-order valence-corrected chi connectivity index (χ0v) is 9.71. The molecule has 1 aromatic heterocycles. The van der Waals surface area contributed by atoms with Crippen molar-refractivity contribution in [3.05, 3.63) is 22.8 Å². The van der Waals surface area contributed by atoms with Gasteiger partial charge in [-0.3, -0.25) is 4.79 Å². The van der Waals surface area contributed by atoms with Crippen LogP contribution in [0.4, 0.5) is 5.82 Å². The van der Waals surface area contributed by atoms with Crippen LogP contribution in [0.15, 0.2) is 22.8 Å². The molecule has 0 aliphatic carbocycles. The van der Waals surface area contributed by atoms with Gasteiger partial charge in [0.15, 0.2) is 0 Å². The van der Waals surface area contributed by atoms with Gasteiger partial charge in [0.05, 0.1) is 6.54 Å². The number of aromatic nitrogens is 1. The van der Waals surface area contributed by atoms with Crippen LogP contribution in [0.2, 0.25) is 0 Å². The third kappa shape index (κ3) is 2.99. The van der Waals surface area contributed by atoms with Gasteiger partial charge in [-0.25, -0.2) is 4.98 Å². The second-order valence-corrected chi connectivity index (χ2v) is 3.78. The third-order valence-electron chi connectivity index (χ3n) is 1.76. The fourth-order valence-corrected chi connectivity index (χ4v) is 1.30. The Morgan fingerprint density at radius 3 is 3.00 bits per heavy atom. The van der Waals surface area contributed by atoms with Gasteiger partial charge in [0.1, 0.15) is 5.82 Å². The number of nitrogens with one attached hydrogen (secondary N) is 1. The Morgan fingerprint density at radius 2 is 2.43 bits per heavy atom. The Kier molecular flexibility index (Phi) is 3.88. The molecule has 14 heavy (non-hydrogen) atoms. The number of halogens is 1. The van der Waals surface area contributed by atoms with Crippen molar-refractivity contribution in [1.29, 1.82) is 0 Å². The smallest absolute Gasteiger partial charge is 0.239 e. The van der Waals surface area contributed by atoms with Gasteiger partial charge in [-0.1, -0.05) is 15.9 Å². The van der Waals surface area contributed by atoms with Gasteiger partial charge in [0.2, 0.25) is 5.91 Å². The molecule has 0 aliphatic rings. The molecule has 76 valence electrons. The molecule has 0 aliphatic heterocycles. The van der Waals surface area contributed by atoms with Crippen molar-refractivity contribution in [1.82, 2.24) is 10.3 Å². The third-order valence-corrected chi connectivity index (χ3v) is 2.25. The quantitative estimate of drug-likeness (QED) is 0.880. The standard InChI is InChI=1S/C9H12BrN3O/c1-11-9(14)6-13(2)8-5-7(10)3-4-12-8/h3-5H,6H2,1-2H3,(H,11,14). The van der Waals surface area contributed by atoms with Gasteiger partial charge in [-0.2, -0.15) is 0 Å². The summed E-state index contributed by atoms with van der Waals surface area (Å²) in [5.41, 5.74) is 0. The average molecular weight is 258 g/mol. The molecule has 0 spiro atoms. The minimum absolute atomic E-state index is 0.0331. The summed E-state index contributed by atoms with van der Waals surface area (Å²) < 4.78 is 0.950. The molecule has 1 amide bonds. The molecule has 5 heteroatoms. The Morgan fingerprint density at radius 1 is 1.71 bits per heavy atom. The number of likely N-dealkylation sites (N-methyl/N-ethyl adjacent to an activating group) is 2. The first kappa shape index (κ1) is 11.0. The van der Waals surface area contributed by atoms with Crippen LogP contribution in [0.3, 0.4) is 0 Å². The summed E-state index contributed by atoms with van der Waals surface area (Å²) in [6.45, 7) is 0.306. The van der Waals surface area contributed by atoms with E-state index in [9.17, 15) is 4.79 Å². The average Bonchev–Trinajstić information content (AvgIpc) is 2.17. The Bertz CT molecular complexity index is 330. The van der Waals surface area contributed by atoms with Crippen molar-refractivity contribution in [3.63, 3.8) is 0 Å². The summed E-state index contributed by atoms with van der Waals surface area (Å²) in [7, 11) is 3.44. The first-order valence-corrected chi connectivity index (χ1v) is 4.96. The van der Waals surface area contributed by atoms with Crippen LogP contribution in [-0.4, -0.2) is 31.5 Å². The van der Waals surface area contributed by atoms with Crippen molar-refractivity contribution in [2.45, 2.75) is 0 Å². The summed E-state index contributed by atoms with van der Waals surface area (Å²) in [6.07, 6.45) is 1.69. The van der Waals surface area contributed by atoms with E-state index < -0.39 is 0 Å². The van der Waals surface area contributed by atoms with Crippen molar-refractivity contribution in [2.24, 2.45) is 0 Å². The molecule has 0 atom stereocenters. The predicted octanol–water partition coefficient (Wildman–Crippen LogP) is 1.03. The van der Waals surface area contributed by atoms with Crippen molar-refractivity contribution in [3.8, 4) is 0 Å². The number of carbonyl (C=O) groups excluding carboxylic acids is 1. The van der Waals surface area contributed by atoms with Gasteiger partial charge in [-0.05, 0) is 12.1 Å². The minimum atomic E-state index is -0.0331. The Balaban J connectivity index is 2.69. The lowest BCUT2D eigenvalue weighted by Crippen LogP contribution is -2.33. The van der Waals surface area contributed by atoms with Crippen LogP contribution in [-0.2, 0) is 4.79 Å². The minimum Gasteiger partial charge on any atom is -0.358 e. The molecule has 0 fully saturated rings. The number of hydrogen-bond acceptors (Lipinski definition) is 3. The molecule has 0 aromatic carbocycles. The zero-order chi connectivity index (χ0) is 10.6. The van der Waals surface area contributed by atoms with Gasteiger partial charge in [0.25, 0.3) is 0 Å². The fourth-order valence-electron chi connectivity index (χ4n) is 0.978. The molecule has 1 heterocycles. The maximum Gasteiger partial charge on any atom is 0.239 e. The SMILES string of the molecule is CNC(=O)CN(C)c1cc(Br)ccn1. The molecule has 0 saturated carbocycles. The first-order chi connectivity index (χ1) is 6.63. The molecule has 0 radical (unpaired) electrons. The molecule has 0 unspecified atom stereocenters. The fraction of sp³-hybridized carbons (Fsp3) is 0.333. The number of nitrogens with zero attached hydrogens (tertiary/aromatic N) is 2. The van der Waals surface area contributed by atoms with E-state index in [2.05, 4.69) is 26.2 Å². The number of carbonyl (C=O) groups is 1.